The summed E-state index contributed by atoms with van der Waals surface area (Å²) in [7, 11) is -3.78. The molecule has 8 heteroatoms. The number of imidazole rings is 1. The normalized spacial score (nSPS) is 11.7. The Morgan fingerprint density at radius 1 is 0.971 bits per heavy atom. The smallest absolute Gasteiger partial charge is 0.238 e. The molecule has 1 heterocycles. The number of aromatic nitrogens is 2. The molecule has 0 aliphatic rings. The molecule has 0 amide bonds. The van der Waals surface area contributed by atoms with Gasteiger partial charge >= 0.3 is 0 Å². The molecule has 0 radical (unpaired) electrons. The van der Waals surface area contributed by atoms with Gasteiger partial charge < -0.3 is 9.88 Å². The first-order chi connectivity index (χ1) is 16.3. The number of rotatable bonds is 6. The Balaban J connectivity index is 1.61. The van der Waals surface area contributed by atoms with Crippen LogP contribution in [0.25, 0.3) is 21.8 Å². The van der Waals surface area contributed by atoms with Crippen LogP contribution in [0.15, 0.2) is 89.8 Å². The Labute approximate surface area is 196 Å². The molecule has 7 nitrogen and oxygen atoms in total. The van der Waals surface area contributed by atoms with Crippen LogP contribution in [0.3, 0.4) is 0 Å². The maximum Gasteiger partial charge on any atom is 0.238 e. The van der Waals surface area contributed by atoms with Crippen LogP contribution in [0.5, 0.6) is 0 Å². The van der Waals surface area contributed by atoms with Gasteiger partial charge in [-0.15, -0.1) is 0 Å². The minimum atomic E-state index is -3.78. The zero-order valence-electron chi connectivity index (χ0n) is 18.4. The SMILES string of the molecule is CC(=O)c1ccc2c(c1)nc(Nc1ccc(S(N)(=O)=O)cc1)n2Cc1cccc2ccccc12. The Kier molecular flexibility index (Phi) is 5.39. The summed E-state index contributed by atoms with van der Waals surface area (Å²) >= 11 is 0. The van der Waals surface area contributed by atoms with Crippen LogP contribution < -0.4 is 10.5 Å². The first kappa shape index (κ1) is 21.8. The van der Waals surface area contributed by atoms with Crippen LogP contribution in [0.4, 0.5) is 11.6 Å². The second kappa shape index (κ2) is 8.40. The molecule has 1 aromatic heterocycles. The third-order valence-corrected chi connectivity index (χ3v) is 6.73. The summed E-state index contributed by atoms with van der Waals surface area (Å²) < 4.78 is 25.2. The van der Waals surface area contributed by atoms with Gasteiger partial charge in [-0.05, 0) is 65.7 Å². The van der Waals surface area contributed by atoms with E-state index in [-0.39, 0.29) is 10.7 Å². The van der Waals surface area contributed by atoms with Crippen LogP contribution >= 0.6 is 0 Å². The molecule has 0 atom stereocenters. The summed E-state index contributed by atoms with van der Waals surface area (Å²) in [6.45, 7) is 2.08. The quantitative estimate of drug-likeness (QED) is 0.346. The molecule has 0 fully saturated rings. The number of Topliss-reactive ketones (excluding diaryl/α,β-unsaturated/α-hetero) is 1. The van der Waals surface area contributed by atoms with Gasteiger partial charge in [0.15, 0.2) is 5.78 Å². The van der Waals surface area contributed by atoms with Crippen molar-refractivity contribution in [3.8, 4) is 0 Å². The molecule has 3 N–H and O–H groups in total. The van der Waals surface area contributed by atoms with Crippen molar-refractivity contribution in [2.24, 2.45) is 5.14 Å². The lowest BCUT2D eigenvalue weighted by Gasteiger charge is -2.13. The van der Waals surface area contributed by atoms with E-state index in [0.717, 1.165) is 21.9 Å². The molecule has 0 aliphatic heterocycles. The number of fused-ring (bicyclic) bond motifs is 2. The van der Waals surface area contributed by atoms with E-state index in [1.54, 1.807) is 24.3 Å². The van der Waals surface area contributed by atoms with Gasteiger partial charge in [-0.3, -0.25) is 4.79 Å². The number of primary sulfonamides is 1. The highest BCUT2D eigenvalue weighted by molar-refractivity contribution is 7.89. The van der Waals surface area contributed by atoms with E-state index < -0.39 is 10.0 Å². The van der Waals surface area contributed by atoms with Crippen LogP contribution in [-0.2, 0) is 16.6 Å². The third-order valence-electron chi connectivity index (χ3n) is 5.80. The highest BCUT2D eigenvalue weighted by atomic mass is 32.2. The number of hydrogen-bond donors (Lipinski definition) is 2. The van der Waals surface area contributed by atoms with E-state index in [1.807, 2.05) is 24.3 Å². The number of hydrogen-bond acceptors (Lipinski definition) is 5. The molecule has 4 aromatic carbocycles. The molecule has 170 valence electrons. The molecule has 34 heavy (non-hydrogen) atoms. The number of nitrogens with zero attached hydrogens (tertiary/aromatic N) is 2. The van der Waals surface area contributed by atoms with Crippen molar-refractivity contribution in [2.45, 2.75) is 18.4 Å². The number of carbonyl (C=O) groups is 1. The van der Waals surface area contributed by atoms with Gasteiger partial charge in [-0.1, -0.05) is 42.5 Å². The number of nitrogens with two attached hydrogens (primary N) is 1. The zero-order valence-corrected chi connectivity index (χ0v) is 19.2. The highest BCUT2D eigenvalue weighted by Gasteiger charge is 2.15. The van der Waals surface area contributed by atoms with Crippen LogP contribution in [-0.4, -0.2) is 23.8 Å². The molecular weight excluding hydrogens is 448 g/mol. The fraction of sp³-hybridized carbons (Fsp3) is 0.0769. The van der Waals surface area contributed by atoms with Crippen molar-refractivity contribution in [2.75, 3.05) is 5.32 Å². The minimum Gasteiger partial charge on any atom is -0.326 e. The molecule has 0 bridgehead atoms. The summed E-state index contributed by atoms with van der Waals surface area (Å²) in [5.74, 6) is 0.547. The van der Waals surface area contributed by atoms with E-state index >= 15 is 0 Å². The summed E-state index contributed by atoms with van der Waals surface area (Å²) in [4.78, 5) is 16.7. The van der Waals surface area contributed by atoms with Gasteiger partial charge in [0.25, 0.3) is 0 Å². The lowest BCUT2D eigenvalue weighted by molar-refractivity contribution is 0.101. The topological polar surface area (TPSA) is 107 Å². The van der Waals surface area contributed by atoms with Gasteiger partial charge in [0.2, 0.25) is 16.0 Å². The van der Waals surface area contributed by atoms with Crippen LogP contribution in [0.1, 0.15) is 22.8 Å². The summed E-state index contributed by atoms with van der Waals surface area (Å²) in [5, 5.41) is 10.8. The molecule has 5 rings (SSSR count). The molecule has 5 aromatic rings. The molecular formula is C26H22N4O3S. The van der Waals surface area contributed by atoms with Crippen molar-refractivity contribution in [1.82, 2.24) is 9.55 Å². The summed E-state index contributed by atoms with van der Waals surface area (Å²) in [6.07, 6.45) is 0. The Morgan fingerprint density at radius 2 is 1.71 bits per heavy atom. The zero-order chi connectivity index (χ0) is 23.9. The number of ketones is 1. The Bertz CT molecular complexity index is 1650. The number of benzene rings is 4. The predicted octanol–water partition coefficient (Wildman–Crippen LogP) is 4.83. The first-order valence-electron chi connectivity index (χ1n) is 10.7. The maximum atomic E-state index is 11.9. The maximum absolute atomic E-state index is 11.9. The largest absolute Gasteiger partial charge is 0.326 e. The van der Waals surface area contributed by atoms with E-state index in [4.69, 9.17) is 10.1 Å². The first-order valence-corrected chi connectivity index (χ1v) is 12.2. The predicted molar refractivity (Wildman–Crippen MR) is 134 cm³/mol. The van der Waals surface area contributed by atoms with Gasteiger partial charge in [0.1, 0.15) is 0 Å². The van der Waals surface area contributed by atoms with Crippen molar-refractivity contribution in [1.29, 1.82) is 0 Å². The van der Waals surface area contributed by atoms with Crippen molar-refractivity contribution in [3.63, 3.8) is 0 Å². The average molecular weight is 471 g/mol. The van der Waals surface area contributed by atoms with Crippen molar-refractivity contribution >= 4 is 49.2 Å². The van der Waals surface area contributed by atoms with E-state index in [0.29, 0.717) is 29.3 Å². The van der Waals surface area contributed by atoms with E-state index in [2.05, 4.69) is 34.1 Å². The lowest BCUT2D eigenvalue weighted by Crippen LogP contribution is -2.12. The molecule has 0 aliphatic carbocycles. The summed E-state index contributed by atoms with van der Waals surface area (Å²) in [6, 6.07) is 26.1. The number of carbonyl (C=O) groups excluding carboxylic acids is 1. The van der Waals surface area contributed by atoms with Crippen molar-refractivity contribution in [3.05, 3.63) is 96.1 Å². The number of anilines is 2. The fourth-order valence-electron chi connectivity index (χ4n) is 4.06. The third kappa shape index (κ3) is 4.16. The second-order valence-electron chi connectivity index (χ2n) is 8.11. The highest BCUT2D eigenvalue weighted by Crippen LogP contribution is 2.28. The monoisotopic (exact) mass is 470 g/mol. The number of sulfonamides is 1. The van der Waals surface area contributed by atoms with Gasteiger partial charge in [0.05, 0.1) is 22.5 Å². The van der Waals surface area contributed by atoms with E-state index in [1.165, 1.54) is 19.1 Å². The van der Waals surface area contributed by atoms with Crippen LogP contribution in [0.2, 0.25) is 0 Å². The second-order valence-corrected chi connectivity index (χ2v) is 9.68. The average Bonchev–Trinajstić information content (AvgIpc) is 3.15. The van der Waals surface area contributed by atoms with Crippen LogP contribution in [0, 0.1) is 0 Å². The molecule has 0 saturated carbocycles. The van der Waals surface area contributed by atoms with Gasteiger partial charge in [0, 0.05) is 11.3 Å². The number of nitrogens with one attached hydrogen (secondary N) is 1. The Hall–Kier alpha value is -4.01. The molecule has 0 spiro atoms. The fourth-order valence-corrected chi connectivity index (χ4v) is 4.58. The molecule has 0 unspecified atom stereocenters. The van der Waals surface area contributed by atoms with E-state index in [9.17, 15) is 13.2 Å². The minimum absolute atomic E-state index is 0.0291. The standard InChI is InChI=1S/C26H22N4O3S/c1-17(31)19-9-14-25-24(15-19)29-26(28-21-10-12-22(13-11-21)34(27,32)33)30(25)16-20-7-4-6-18-5-2-3-8-23(18)20/h2-15H,16H2,1H3,(H,28,29)(H2,27,32,33). The molecule has 0 saturated heterocycles. The Morgan fingerprint density at radius 3 is 2.44 bits per heavy atom. The van der Waals surface area contributed by atoms with Gasteiger partial charge in [-0.2, -0.15) is 0 Å². The van der Waals surface area contributed by atoms with Gasteiger partial charge in [-0.25, -0.2) is 18.5 Å². The lowest BCUT2D eigenvalue weighted by atomic mass is 10.0. The summed E-state index contributed by atoms with van der Waals surface area (Å²) in [5.41, 5.74) is 3.94. The van der Waals surface area contributed by atoms with Crippen molar-refractivity contribution < 1.29 is 13.2 Å².